The van der Waals surface area contributed by atoms with E-state index in [1.54, 1.807) is 18.2 Å². The maximum Gasteiger partial charge on any atom is 0.316 e. The van der Waals surface area contributed by atoms with Crippen LogP contribution in [0.2, 0.25) is 0 Å². The first-order valence-electron chi connectivity index (χ1n) is 13.0. The molecule has 2 aliphatic heterocycles. The fourth-order valence-electron chi connectivity index (χ4n) is 4.25. The van der Waals surface area contributed by atoms with Crippen LogP contribution in [0.4, 0.5) is 0 Å². The van der Waals surface area contributed by atoms with E-state index in [1.165, 1.54) is 41.7 Å². The van der Waals surface area contributed by atoms with Gasteiger partial charge in [0.2, 0.25) is 0 Å². The molecule has 2 aromatic rings. The summed E-state index contributed by atoms with van der Waals surface area (Å²) in [5.74, 6) is 0.554. The van der Waals surface area contributed by atoms with Gasteiger partial charge in [0, 0.05) is 6.61 Å². The van der Waals surface area contributed by atoms with Gasteiger partial charge in [0.25, 0.3) is 0 Å². The number of hydrogen-bond donors (Lipinski definition) is 5. The second-order valence-corrected chi connectivity index (χ2v) is 11.6. The number of carbonyl (C=O) groups excluding carboxylic acids is 1. The first kappa shape index (κ1) is 31.7. The molecule has 10 nitrogen and oxygen atoms in total. The number of carbonyl (C=O) groups is 2. The zero-order valence-corrected chi connectivity index (χ0v) is 23.7. The number of hydrogen-bond acceptors (Lipinski definition) is 11. The predicted molar refractivity (Wildman–Crippen MR) is 152 cm³/mol. The molecule has 2 saturated heterocycles. The molecule has 2 aromatic carbocycles. The summed E-state index contributed by atoms with van der Waals surface area (Å²) >= 11 is 2.91. The average Bonchev–Trinajstić information content (AvgIpc) is 3.53. The van der Waals surface area contributed by atoms with Gasteiger partial charge in [-0.15, -0.1) is 0 Å². The largest absolute Gasteiger partial charge is 0.504 e. The number of rotatable bonds is 13. The van der Waals surface area contributed by atoms with Crippen LogP contribution in [0.1, 0.15) is 30.4 Å². The molecule has 2 fully saturated rings. The maximum absolute atomic E-state index is 11.9. The van der Waals surface area contributed by atoms with Crippen molar-refractivity contribution >= 4 is 35.5 Å². The molecule has 5 N–H and O–H groups in total. The van der Waals surface area contributed by atoms with E-state index < -0.39 is 5.97 Å². The van der Waals surface area contributed by atoms with E-state index in [0.29, 0.717) is 19.0 Å². The van der Waals surface area contributed by atoms with Gasteiger partial charge in [-0.1, -0.05) is 12.1 Å². The molecule has 0 saturated carbocycles. The Bertz CT molecular complexity index is 1110. The summed E-state index contributed by atoms with van der Waals surface area (Å²) in [6, 6.07) is 9.55. The lowest BCUT2D eigenvalue weighted by atomic mass is 10.1. The topological polar surface area (TPSA) is 163 Å². The van der Waals surface area contributed by atoms with E-state index in [2.05, 4.69) is 0 Å². The van der Waals surface area contributed by atoms with Gasteiger partial charge in [-0.2, -0.15) is 23.5 Å². The molecule has 2 aliphatic rings. The summed E-state index contributed by atoms with van der Waals surface area (Å²) in [7, 11) is 0. The molecule has 0 aliphatic carbocycles. The average molecular weight is 597 g/mol. The van der Waals surface area contributed by atoms with E-state index >= 15 is 0 Å². The molecule has 12 heteroatoms. The van der Waals surface area contributed by atoms with Crippen molar-refractivity contribution in [2.24, 2.45) is 0 Å². The number of thioether (sulfide) groups is 2. The van der Waals surface area contributed by atoms with Crippen LogP contribution in [0.3, 0.4) is 0 Å². The standard InChI is InChI=1S/C17H22O6S.C11H14O4S/c18-12-4-3-11(8-13(12)19)2-1-7-24-10-16(20)23-15-9-22-14-5-6-21-17(14)15;12-9-4-3-8(6-10(9)13)2-1-5-16-7-11(14)15/h3-4,8,14-15,17-19H,1-2,5-7,9-10H2;3-4,6,12-13H,1-2,5,7H2,(H,14,15). The van der Waals surface area contributed by atoms with Crippen LogP contribution < -0.4 is 0 Å². The SMILES string of the molecule is O=C(CSCCCc1ccc(O)c(O)c1)OC1COC2CCOC21.O=C(O)CSCCCc1ccc(O)c(O)c1. The Balaban J connectivity index is 0.000000241. The maximum atomic E-state index is 11.9. The molecule has 3 unspecified atom stereocenters. The lowest BCUT2D eigenvalue weighted by Gasteiger charge is -2.16. The van der Waals surface area contributed by atoms with Gasteiger partial charge in [-0.3, -0.25) is 9.59 Å². The van der Waals surface area contributed by atoms with Crippen molar-refractivity contribution in [3.8, 4) is 23.0 Å². The first-order valence-corrected chi connectivity index (χ1v) is 15.4. The quantitative estimate of drug-likeness (QED) is 0.130. The van der Waals surface area contributed by atoms with Crippen molar-refractivity contribution in [3.05, 3.63) is 47.5 Å². The normalized spacial score (nSPS) is 19.4. The van der Waals surface area contributed by atoms with Gasteiger partial charge in [-0.05, 0) is 79.0 Å². The van der Waals surface area contributed by atoms with Crippen molar-refractivity contribution < 1.29 is 49.3 Å². The van der Waals surface area contributed by atoms with E-state index in [9.17, 15) is 24.9 Å². The number of aryl methyl sites for hydroxylation is 2. The zero-order valence-electron chi connectivity index (χ0n) is 22.1. The number of phenols is 4. The minimum absolute atomic E-state index is 0.0807. The molecule has 4 rings (SSSR count). The third-order valence-corrected chi connectivity index (χ3v) is 8.28. The number of phenolic OH excluding ortho intramolecular Hbond substituents is 4. The van der Waals surface area contributed by atoms with Crippen molar-refractivity contribution in [1.82, 2.24) is 0 Å². The summed E-state index contributed by atoms with van der Waals surface area (Å²) in [5.41, 5.74) is 1.90. The van der Waals surface area contributed by atoms with Crippen LogP contribution in [-0.4, -0.2) is 92.0 Å². The smallest absolute Gasteiger partial charge is 0.316 e. The molecule has 0 radical (unpaired) electrons. The van der Waals surface area contributed by atoms with Crippen molar-refractivity contribution in [2.75, 3.05) is 36.2 Å². The van der Waals surface area contributed by atoms with E-state index in [-0.39, 0.29) is 53.0 Å². The van der Waals surface area contributed by atoms with Crippen molar-refractivity contribution in [3.63, 3.8) is 0 Å². The molecule has 0 bridgehead atoms. The van der Waals surface area contributed by atoms with Crippen LogP contribution in [0, 0.1) is 0 Å². The highest BCUT2D eigenvalue weighted by Gasteiger charge is 2.43. The fourth-order valence-corrected chi connectivity index (χ4v) is 5.65. The van der Waals surface area contributed by atoms with E-state index in [1.807, 2.05) is 0 Å². The molecular formula is C28H36O10S2. The first-order chi connectivity index (χ1) is 19.2. The van der Waals surface area contributed by atoms with Gasteiger partial charge in [0.1, 0.15) is 6.10 Å². The van der Waals surface area contributed by atoms with Crippen LogP contribution in [0.25, 0.3) is 0 Å². The number of esters is 1. The Kier molecular flexibility index (Phi) is 13.1. The monoisotopic (exact) mass is 596 g/mol. The molecule has 220 valence electrons. The number of aromatic hydroxyl groups is 4. The lowest BCUT2D eigenvalue weighted by molar-refractivity contribution is -0.150. The van der Waals surface area contributed by atoms with Crippen LogP contribution in [0.5, 0.6) is 23.0 Å². The fraction of sp³-hybridized carbons (Fsp3) is 0.500. The number of benzene rings is 2. The van der Waals surface area contributed by atoms with Gasteiger partial charge in [0.15, 0.2) is 29.1 Å². The van der Waals surface area contributed by atoms with Crippen molar-refractivity contribution in [2.45, 2.75) is 50.4 Å². The van der Waals surface area contributed by atoms with Crippen molar-refractivity contribution in [1.29, 1.82) is 0 Å². The Morgan fingerprint density at radius 2 is 1.40 bits per heavy atom. The van der Waals surface area contributed by atoms with Crippen LogP contribution in [0.15, 0.2) is 36.4 Å². The summed E-state index contributed by atoms with van der Waals surface area (Å²) in [6.07, 6.45) is 3.86. The summed E-state index contributed by atoms with van der Waals surface area (Å²) in [5, 5.41) is 45.5. The minimum atomic E-state index is -0.799. The second-order valence-electron chi connectivity index (χ2n) is 9.38. The number of carboxylic acid groups (broad SMARTS) is 1. The predicted octanol–water partition coefficient (Wildman–Crippen LogP) is 3.71. The number of carboxylic acids is 1. The molecule has 0 amide bonds. The third-order valence-electron chi connectivity index (χ3n) is 6.24. The Labute approximate surface area is 241 Å². The molecule has 40 heavy (non-hydrogen) atoms. The number of fused-ring (bicyclic) bond motifs is 1. The van der Waals surface area contributed by atoms with Crippen LogP contribution >= 0.6 is 23.5 Å². The van der Waals surface area contributed by atoms with Gasteiger partial charge < -0.3 is 39.7 Å². The molecule has 0 aromatic heterocycles. The van der Waals surface area contributed by atoms with E-state index in [0.717, 1.165) is 54.7 Å². The van der Waals surface area contributed by atoms with Gasteiger partial charge in [-0.25, -0.2) is 0 Å². The van der Waals surface area contributed by atoms with Crippen LogP contribution in [-0.2, 0) is 36.6 Å². The highest BCUT2D eigenvalue weighted by Crippen LogP contribution is 2.29. The lowest BCUT2D eigenvalue weighted by Crippen LogP contribution is -2.32. The van der Waals surface area contributed by atoms with Gasteiger partial charge >= 0.3 is 11.9 Å². The second kappa shape index (κ2) is 16.5. The number of ether oxygens (including phenoxy) is 3. The third kappa shape index (κ3) is 10.6. The molecular weight excluding hydrogens is 560 g/mol. The summed E-state index contributed by atoms with van der Waals surface area (Å²) < 4.78 is 16.6. The minimum Gasteiger partial charge on any atom is -0.504 e. The highest BCUT2D eigenvalue weighted by atomic mass is 32.2. The Morgan fingerprint density at radius 3 is 1.95 bits per heavy atom. The molecule has 0 spiro atoms. The molecule has 3 atom stereocenters. The molecule has 2 heterocycles. The summed E-state index contributed by atoms with van der Waals surface area (Å²) in [4.78, 5) is 22.1. The number of aliphatic carboxylic acids is 1. The zero-order chi connectivity index (χ0) is 28.9. The van der Waals surface area contributed by atoms with Gasteiger partial charge in [0.05, 0.1) is 24.2 Å². The van der Waals surface area contributed by atoms with E-state index in [4.69, 9.17) is 24.4 Å². The highest BCUT2D eigenvalue weighted by molar-refractivity contribution is 8.00. The Morgan fingerprint density at radius 1 is 0.825 bits per heavy atom. The Hall–Kier alpha value is -2.80. The summed E-state index contributed by atoms with van der Waals surface area (Å²) in [6.45, 7) is 1.10.